The second-order valence-electron chi connectivity index (χ2n) is 6.55. The highest BCUT2D eigenvalue weighted by Crippen LogP contribution is 2.32. The molecule has 1 aromatic heterocycles. The molecule has 0 aromatic carbocycles. The number of carbonyl (C=O) groups is 1. The fraction of sp³-hybridized carbons (Fsp3) is 0.647. The summed E-state index contributed by atoms with van der Waals surface area (Å²) in [5.74, 6) is 1.88. The van der Waals surface area contributed by atoms with Crippen molar-refractivity contribution in [1.29, 1.82) is 0 Å². The van der Waals surface area contributed by atoms with Gasteiger partial charge >= 0.3 is 0 Å². The van der Waals surface area contributed by atoms with Gasteiger partial charge in [0.1, 0.15) is 5.82 Å². The lowest BCUT2D eigenvalue weighted by Crippen LogP contribution is -2.56. The molecule has 2 aliphatic heterocycles. The van der Waals surface area contributed by atoms with Crippen molar-refractivity contribution in [3.63, 3.8) is 0 Å². The first kappa shape index (κ1) is 14.4. The van der Waals surface area contributed by atoms with E-state index < -0.39 is 0 Å². The molecule has 3 heterocycles. The number of aromatic nitrogens is 1. The Morgan fingerprint density at radius 2 is 1.95 bits per heavy atom. The second-order valence-corrected chi connectivity index (χ2v) is 6.55. The largest absolute Gasteiger partial charge is 0.352 e. The summed E-state index contributed by atoms with van der Waals surface area (Å²) in [6.07, 6.45) is 4.88. The first-order valence-electron chi connectivity index (χ1n) is 8.12. The Morgan fingerprint density at radius 3 is 2.43 bits per heavy atom. The van der Waals surface area contributed by atoms with Crippen molar-refractivity contribution >= 4 is 11.7 Å². The molecule has 0 saturated carbocycles. The first-order chi connectivity index (χ1) is 10.1. The van der Waals surface area contributed by atoms with E-state index in [1.165, 1.54) is 5.56 Å². The van der Waals surface area contributed by atoms with E-state index in [0.717, 1.165) is 31.7 Å². The van der Waals surface area contributed by atoms with E-state index in [4.69, 9.17) is 0 Å². The third kappa shape index (κ3) is 2.63. The van der Waals surface area contributed by atoms with Crippen molar-refractivity contribution in [3.05, 3.63) is 23.9 Å². The van der Waals surface area contributed by atoms with Crippen LogP contribution in [0.5, 0.6) is 0 Å². The van der Waals surface area contributed by atoms with Crippen molar-refractivity contribution < 1.29 is 4.79 Å². The van der Waals surface area contributed by atoms with Gasteiger partial charge in [-0.25, -0.2) is 4.98 Å². The summed E-state index contributed by atoms with van der Waals surface area (Å²) in [7, 11) is 0. The van der Waals surface area contributed by atoms with Gasteiger partial charge in [-0.2, -0.15) is 0 Å². The average molecular weight is 287 g/mol. The topological polar surface area (TPSA) is 36.4 Å². The van der Waals surface area contributed by atoms with Crippen molar-refractivity contribution in [2.24, 2.45) is 0 Å². The molecule has 4 nitrogen and oxygen atoms in total. The number of hydrogen-bond acceptors (Lipinski definition) is 3. The minimum Gasteiger partial charge on any atom is -0.352 e. The Bertz CT molecular complexity index is 497. The van der Waals surface area contributed by atoms with Crippen LogP contribution in [0.15, 0.2) is 18.3 Å². The third-order valence-electron chi connectivity index (χ3n) is 4.83. The summed E-state index contributed by atoms with van der Waals surface area (Å²) in [4.78, 5) is 21.2. The molecule has 2 atom stereocenters. The molecule has 2 bridgehead atoms. The lowest BCUT2D eigenvalue weighted by molar-refractivity contribution is -0.134. The highest BCUT2D eigenvalue weighted by molar-refractivity contribution is 5.77. The Morgan fingerprint density at radius 1 is 1.29 bits per heavy atom. The van der Waals surface area contributed by atoms with E-state index in [9.17, 15) is 4.79 Å². The summed E-state index contributed by atoms with van der Waals surface area (Å²) in [6, 6.07) is 5.07. The maximum atomic E-state index is 12.1. The van der Waals surface area contributed by atoms with Gasteiger partial charge in [-0.05, 0) is 30.4 Å². The van der Waals surface area contributed by atoms with Crippen molar-refractivity contribution in [3.8, 4) is 0 Å². The summed E-state index contributed by atoms with van der Waals surface area (Å²) in [6.45, 7) is 8.19. The minimum atomic E-state index is 0.310. The zero-order chi connectivity index (χ0) is 15.0. The second kappa shape index (κ2) is 5.66. The molecule has 3 rings (SSSR count). The Hall–Kier alpha value is -1.58. The van der Waals surface area contributed by atoms with Gasteiger partial charge in [-0.15, -0.1) is 0 Å². The molecule has 4 heteroatoms. The highest BCUT2D eigenvalue weighted by Gasteiger charge is 2.42. The molecule has 1 aromatic rings. The minimum absolute atomic E-state index is 0.310. The maximum Gasteiger partial charge on any atom is 0.222 e. The van der Waals surface area contributed by atoms with Crippen LogP contribution in [0, 0.1) is 0 Å². The van der Waals surface area contributed by atoms with Crippen LogP contribution in [0.1, 0.15) is 51.5 Å². The van der Waals surface area contributed by atoms with E-state index in [1.807, 2.05) is 13.1 Å². The Labute approximate surface area is 127 Å². The monoisotopic (exact) mass is 287 g/mol. The summed E-state index contributed by atoms with van der Waals surface area (Å²) < 4.78 is 0. The Kier molecular flexibility index (Phi) is 3.87. The van der Waals surface area contributed by atoms with Crippen LogP contribution >= 0.6 is 0 Å². The summed E-state index contributed by atoms with van der Waals surface area (Å²) in [5, 5.41) is 0. The molecule has 0 radical (unpaired) electrons. The van der Waals surface area contributed by atoms with Gasteiger partial charge in [-0.3, -0.25) is 4.79 Å². The molecule has 2 saturated heterocycles. The SMILES string of the molecule is CCC(=O)N1C2CCC1CN(c1ccc(C(C)C)cn1)C2. The number of rotatable bonds is 3. The third-order valence-corrected chi connectivity index (χ3v) is 4.83. The molecule has 114 valence electrons. The van der Waals surface area contributed by atoms with Crippen LogP contribution in [0.4, 0.5) is 5.82 Å². The normalized spacial score (nSPS) is 24.8. The number of nitrogens with zero attached hydrogens (tertiary/aromatic N) is 3. The zero-order valence-corrected chi connectivity index (χ0v) is 13.2. The number of anilines is 1. The quantitative estimate of drug-likeness (QED) is 0.857. The van der Waals surface area contributed by atoms with Crippen LogP contribution < -0.4 is 4.90 Å². The molecule has 0 aliphatic carbocycles. The molecule has 1 amide bonds. The summed E-state index contributed by atoms with van der Waals surface area (Å²) >= 11 is 0. The van der Waals surface area contributed by atoms with Gasteiger partial charge in [-0.1, -0.05) is 26.8 Å². The molecule has 0 spiro atoms. The van der Waals surface area contributed by atoms with Gasteiger partial charge in [0.25, 0.3) is 0 Å². The molecule has 2 aliphatic rings. The van der Waals surface area contributed by atoms with E-state index in [2.05, 4.69) is 40.8 Å². The van der Waals surface area contributed by atoms with Crippen molar-refractivity contribution in [2.45, 2.75) is 58.0 Å². The van der Waals surface area contributed by atoms with Crippen LogP contribution in [-0.2, 0) is 4.79 Å². The van der Waals surface area contributed by atoms with Crippen molar-refractivity contribution in [1.82, 2.24) is 9.88 Å². The van der Waals surface area contributed by atoms with Gasteiger partial charge in [0.2, 0.25) is 5.91 Å². The van der Waals surface area contributed by atoms with Gasteiger partial charge in [0.05, 0.1) is 0 Å². The first-order valence-corrected chi connectivity index (χ1v) is 8.12. The molecule has 2 unspecified atom stereocenters. The number of carbonyl (C=O) groups excluding carboxylic acids is 1. The van der Waals surface area contributed by atoms with Crippen LogP contribution in [0.25, 0.3) is 0 Å². The lowest BCUT2D eigenvalue weighted by Gasteiger charge is -2.41. The van der Waals surface area contributed by atoms with Crippen LogP contribution in [-0.4, -0.2) is 41.0 Å². The molecule has 21 heavy (non-hydrogen) atoms. The fourth-order valence-electron chi connectivity index (χ4n) is 3.61. The lowest BCUT2D eigenvalue weighted by atomic mass is 10.1. The maximum absolute atomic E-state index is 12.1. The van der Waals surface area contributed by atoms with Crippen LogP contribution in [0.3, 0.4) is 0 Å². The number of pyridine rings is 1. The number of fused-ring (bicyclic) bond motifs is 2. The molecule has 0 N–H and O–H groups in total. The summed E-state index contributed by atoms with van der Waals surface area (Å²) in [5.41, 5.74) is 1.28. The van der Waals surface area contributed by atoms with Crippen molar-refractivity contribution in [2.75, 3.05) is 18.0 Å². The Balaban J connectivity index is 1.74. The van der Waals surface area contributed by atoms with E-state index in [-0.39, 0.29) is 0 Å². The number of piperazine rings is 1. The van der Waals surface area contributed by atoms with E-state index in [0.29, 0.717) is 30.3 Å². The highest BCUT2D eigenvalue weighted by atomic mass is 16.2. The average Bonchev–Trinajstić information content (AvgIpc) is 2.76. The van der Waals surface area contributed by atoms with E-state index in [1.54, 1.807) is 0 Å². The fourth-order valence-corrected chi connectivity index (χ4v) is 3.61. The zero-order valence-electron chi connectivity index (χ0n) is 13.2. The predicted molar refractivity (Wildman–Crippen MR) is 84.5 cm³/mol. The van der Waals surface area contributed by atoms with Gasteiger partial charge in [0, 0.05) is 37.8 Å². The molecular weight excluding hydrogens is 262 g/mol. The molecule has 2 fully saturated rings. The molecular formula is C17H25N3O. The van der Waals surface area contributed by atoms with E-state index >= 15 is 0 Å². The van der Waals surface area contributed by atoms with Crippen LogP contribution in [0.2, 0.25) is 0 Å². The smallest absolute Gasteiger partial charge is 0.222 e. The predicted octanol–water partition coefficient (Wildman–Crippen LogP) is 2.79. The number of hydrogen-bond donors (Lipinski definition) is 0. The standard InChI is InChI=1S/C17H25N3O/c1-4-17(21)20-14-6-7-15(20)11-19(10-14)16-8-5-13(9-18-16)12(2)3/h5,8-9,12,14-15H,4,6-7,10-11H2,1-3H3. The van der Waals surface area contributed by atoms with Gasteiger partial charge < -0.3 is 9.80 Å². The van der Waals surface area contributed by atoms with Gasteiger partial charge in [0.15, 0.2) is 0 Å². The number of amides is 1.